The van der Waals surface area contributed by atoms with Gasteiger partial charge in [-0.2, -0.15) is 0 Å². The minimum absolute atomic E-state index is 0.0211. The Morgan fingerprint density at radius 1 is 1.37 bits per heavy atom. The molecule has 104 valence electrons. The second-order valence-electron chi connectivity index (χ2n) is 4.96. The number of anilines is 1. The van der Waals surface area contributed by atoms with Crippen LogP contribution in [-0.2, 0) is 0 Å². The van der Waals surface area contributed by atoms with E-state index >= 15 is 0 Å². The Kier molecular flexibility index (Phi) is 4.27. The number of nitrogens with two attached hydrogens (primary N) is 1. The Morgan fingerprint density at radius 2 is 2.16 bits per heavy atom. The van der Waals surface area contributed by atoms with Crippen molar-refractivity contribution in [2.45, 2.75) is 31.7 Å². The summed E-state index contributed by atoms with van der Waals surface area (Å²) in [7, 11) is 0. The van der Waals surface area contributed by atoms with E-state index in [9.17, 15) is 15.0 Å². The van der Waals surface area contributed by atoms with E-state index in [1.807, 2.05) is 0 Å². The number of aromatic hydroxyl groups is 1. The van der Waals surface area contributed by atoms with Crippen molar-refractivity contribution in [1.29, 1.82) is 0 Å². The number of hydrogen-bond donors (Lipinski definition) is 3. The van der Waals surface area contributed by atoms with E-state index in [1.54, 1.807) is 11.0 Å². The SMILES string of the molecule is Nc1ccc(C(=O)N2CCCCCC2CO)cc1O. The number of nitrogens with zero attached hydrogens (tertiary/aromatic N) is 1. The first kappa shape index (κ1) is 13.7. The molecule has 1 aromatic rings. The molecule has 0 bridgehead atoms. The number of carbonyl (C=O) groups is 1. The number of carbonyl (C=O) groups excluding carboxylic acids is 1. The summed E-state index contributed by atoms with van der Waals surface area (Å²) in [6.45, 7) is 0.627. The van der Waals surface area contributed by atoms with Crippen LogP contribution in [0.2, 0.25) is 0 Å². The Balaban J connectivity index is 2.22. The summed E-state index contributed by atoms with van der Waals surface area (Å²) >= 11 is 0. The van der Waals surface area contributed by atoms with Crippen molar-refractivity contribution < 1.29 is 15.0 Å². The quantitative estimate of drug-likeness (QED) is 0.556. The number of amides is 1. The maximum atomic E-state index is 12.4. The summed E-state index contributed by atoms with van der Waals surface area (Å²) in [5, 5.41) is 19.0. The summed E-state index contributed by atoms with van der Waals surface area (Å²) in [4.78, 5) is 14.2. The fourth-order valence-corrected chi connectivity index (χ4v) is 2.48. The molecular formula is C14H20N2O3. The van der Waals surface area contributed by atoms with Crippen LogP contribution >= 0.6 is 0 Å². The van der Waals surface area contributed by atoms with Crippen molar-refractivity contribution in [3.63, 3.8) is 0 Å². The molecule has 1 fully saturated rings. The van der Waals surface area contributed by atoms with Crippen molar-refractivity contribution in [3.8, 4) is 5.75 Å². The Hall–Kier alpha value is -1.75. The van der Waals surface area contributed by atoms with Crippen LogP contribution in [0.15, 0.2) is 18.2 Å². The largest absolute Gasteiger partial charge is 0.506 e. The summed E-state index contributed by atoms with van der Waals surface area (Å²) in [5.41, 5.74) is 6.20. The van der Waals surface area contributed by atoms with Gasteiger partial charge in [0.05, 0.1) is 18.3 Å². The molecule has 5 heteroatoms. The third-order valence-corrected chi connectivity index (χ3v) is 3.63. The number of rotatable bonds is 2. The highest BCUT2D eigenvalue weighted by molar-refractivity contribution is 5.95. The lowest BCUT2D eigenvalue weighted by Crippen LogP contribution is -2.42. The van der Waals surface area contributed by atoms with Crippen molar-refractivity contribution in [2.24, 2.45) is 0 Å². The van der Waals surface area contributed by atoms with Gasteiger partial charge in [-0.05, 0) is 31.0 Å². The highest BCUT2D eigenvalue weighted by Crippen LogP contribution is 2.24. The van der Waals surface area contributed by atoms with E-state index < -0.39 is 0 Å². The molecule has 0 spiro atoms. The van der Waals surface area contributed by atoms with Gasteiger partial charge in [0.1, 0.15) is 5.75 Å². The summed E-state index contributed by atoms with van der Waals surface area (Å²) < 4.78 is 0. The highest BCUT2D eigenvalue weighted by Gasteiger charge is 2.25. The van der Waals surface area contributed by atoms with Crippen LogP contribution in [-0.4, -0.2) is 40.2 Å². The van der Waals surface area contributed by atoms with Gasteiger partial charge >= 0.3 is 0 Å². The third-order valence-electron chi connectivity index (χ3n) is 3.63. The van der Waals surface area contributed by atoms with Crippen molar-refractivity contribution in [2.75, 3.05) is 18.9 Å². The zero-order valence-electron chi connectivity index (χ0n) is 10.9. The Morgan fingerprint density at radius 3 is 2.84 bits per heavy atom. The molecule has 1 heterocycles. The number of aliphatic hydroxyl groups is 1. The number of likely N-dealkylation sites (tertiary alicyclic amines) is 1. The van der Waals surface area contributed by atoms with Crippen molar-refractivity contribution in [3.05, 3.63) is 23.8 Å². The van der Waals surface area contributed by atoms with Crippen LogP contribution in [0.25, 0.3) is 0 Å². The lowest BCUT2D eigenvalue weighted by Gasteiger charge is -2.28. The van der Waals surface area contributed by atoms with Gasteiger partial charge in [0, 0.05) is 12.1 Å². The predicted molar refractivity (Wildman–Crippen MR) is 72.9 cm³/mol. The molecule has 2 rings (SSSR count). The molecule has 4 N–H and O–H groups in total. The van der Waals surface area contributed by atoms with E-state index in [0.29, 0.717) is 12.1 Å². The van der Waals surface area contributed by atoms with E-state index in [0.717, 1.165) is 25.7 Å². The first-order valence-electron chi connectivity index (χ1n) is 6.64. The number of phenols is 1. The fraction of sp³-hybridized carbons (Fsp3) is 0.500. The molecule has 0 aromatic heterocycles. The zero-order chi connectivity index (χ0) is 13.8. The van der Waals surface area contributed by atoms with Crippen LogP contribution in [0.1, 0.15) is 36.0 Å². The van der Waals surface area contributed by atoms with Crippen LogP contribution in [0.3, 0.4) is 0 Å². The number of benzene rings is 1. The minimum atomic E-state index is -0.156. The topological polar surface area (TPSA) is 86.8 Å². The van der Waals surface area contributed by atoms with Gasteiger partial charge in [-0.3, -0.25) is 4.79 Å². The average Bonchev–Trinajstić information content (AvgIpc) is 2.66. The molecule has 1 unspecified atom stereocenters. The minimum Gasteiger partial charge on any atom is -0.506 e. The number of aliphatic hydroxyl groups excluding tert-OH is 1. The molecule has 1 amide bonds. The molecule has 5 nitrogen and oxygen atoms in total. The first-order chi connectivity index (χ1) is 9.13. The van der Waals surface area contributed by atoms with Gasteiger partial charge in [-0.1, -0.05) is 12.8 Å². The monoisotopic (exact) mass is 264 g/mol. The summed E-state index contributed by atoms with van der Waals surface area (Å²) in [6, 6.07) is 4.39. The summed E-state index contributed by atoms with van der Waals surface area (Å²) in [5.74, 6) is -0.238. The fourth-order valence-electron chi connectivity index (χ4n) is 2.48. The van der Waals surface area contributed by atoms with Gasteiger partial charge in [0.25, 0.3) is 5.91 Å². The third kappa shape index (κ3) is 2.98. The molecule has 1 aliphatic rings. The standard InChI is InChI=1S/C14H20N2O3/c15-12-6-5-10(8-13(12)18)14(19)16-7-3-1-2-4-11(16)9-17/h5-6,8,11,17-18H,1-4,7,9,15H2. The van der Waals surface area contributed by atoms with Crippen molar-refractivity contribution >= 4 is 11.6 Å². The van der Waals surface area contributed by atoms with Crippen LogP contribution < -0.4 is 5.73 Å². The molecule has 1 saturated heterocycles. The van der Waals surface area contributed by atoms with Crippen LogP contribution in [0.4, 0.5) is 5.69 Å². The number of nitrogen functional groups attached to an aromatic ring is 1. The smallest absolute Gasteiger partial charge is 0.254 e. The lowest BCUT2D eigenvalue weighted by molar-refractivity contribution is 0.0599. The molecule has 0 radical (unpaired) electrons. The maximum Gasteiger partial charge on any atom is 0.254 e. The van der Waals surface area contributed by atoms with Gasteiger partial charge in [0.2, 0.25) is 0 Å². The van der Waals surface area contributed by atoms with Crippen molar-refractivity contribution in [1.82, 2.24) is 4.90 Å². The molecule has 1 atom stereocenters. The Labute approximate surface area is 112 Å². The van der Waals surface area contributed by atoms with Gasteiger partial charge in [0.15, 0.2) is 0 Å². The Bertz CT molecular complexity index is 462. The zero-order valence-corrected chi connectivity index (χ0v) is 10.9. The summed E-state index contributed by atoms with van der Waals surface area (Å²) in [6.07, 6.45) is 3.88. The second kappa shape index (κ2) is 5.93. The maximum absolute atomic E-state index is 12.4. The molecule has 1 aromatic carbocycles. The van der Waals surface area contributed by atoms with Gasteiger partial charge < -0.3 is 20.8 Å². The normalized spacial score (nSPS) is 20.1. The molecular weight excluding hydrogens is 244 g/mol. The van der Waals surface area contributed by atoms with E-state index in [4.69, 9.17) is 5.73 Å². The van der Waals surface area contributed by atoms with Crippen LogP contribution in [0.5, 0.6) is 5.75 Å². The van der Waals surface area contributed by atoms with Crippen LogP contribution in [0, 0.1) is 0 Å². The van der Waals surface area contributed by atoms with E-state index in [-0.39, 0.29) is 30.0 Å². The first-order valence-corrected chi connectivity index (χ1v) is 6.64. The highest BCUT2D eigenvalue weighted by atomic mass is 16.3. The van der Waals surface area contributed by atoms with Gasteiger partial charge in [-0.15, -0.1) is 0 Å². The second-order valence-corrected chi connectivity index (χ2v) is 4.96. The molecule has 0 saturated carbocycles. The number of hydrogen-bond acceptors (Lipinski definition) is 4. The molecule has 0 aliphatic carbocycles. The molecule has 19 heavy (non-hydrogen) atoms. The van der Waals surface area contributed by atoms with E-state index in [1.165, 1.54) is 12.1 Å². The molecule has 1 aliphatic heterocycles. The lowest BCUT2D eigenvalue weighted by atomic mass is 10.1. The van der Waals surface area contributed by atoms with Gasteiger partial charge in [-0.25, -0.2) is 0 Å². The predicted octanol–water partition coefficient (Wildman–Crippen LogP) is 1.35. The van der Waals surface area contributed by atoms with E-state index in [2.05, 4.69) is 0 Å². The number of phenolic OH excluding ortho intramolecular Hbond substituents is 1. The average molecular weight is 264 g/mol.